The summed E-state index contributed by atoms with van der Waals surface area (Å²) < 4.78 is 38.6. The molecule has 0 bridgehead atoms. The van der Waals surface area contributed by atoms with Crippen LogP contribution in [0.15, 0.2) is 24.4 Å². The van der Waals surface area contributed by atoms with Crippen LogP contribution in [0.25, 0.3) is 10.8 Å². The van der Waals surface area contributed by atoms with Crippen molar-refractivity contribution in [1.82, 2.24) is 25.2 Å². The van der Waals surface area contributed by atoms with Gasteiger partial charge in [-0.3, -0.25) is 19.1 Å². The van der Waals surface area contributed by atoms with Gasteiger partial charge in [0.2, 0.25) is 27.7 Å². The number of benzene rings is 1. The van der Waals surface area contributed by atoms with Crippen LogP contribution >= 0.6 is 46.4 Å². The summed E-state index contributed by atoms with van der Waals surface area (Å²) in [4.78, 5) is 47.2. The molecule has 2 heterocycles. The first-order chi connectivity index (χ1) is 21.5. The lowest BCUT2D eigenvalue weighted by Crippen LogP contribution is -2.60. The zero-order valence-corrected chi connectivity index (χ0v) is 30.2. The first-order valence-corrected chi connectivity index (χ1v) is 18.2. The molecule has 13 nitrogen and oxygen atoms in total. The summed E-state index contributed by atoms with van der Waals surface area (Å²) in [5.41, 5.74) is 3.69. The number of sulfonamides is 1. The molecule has 1 saturated heterocycles. The number of pyridine rings is 1. The minimum absolute atomic E-state index is 0.00119. The van der Waals surface area contributed by atoms with E-state index in [0.717, 1.165) is 0 Å². The van der Waals surface area contributed by atoms with Gasteiger partial charge in [-0.1, -0.05) is 55.0 Å². The van der Waals surface area contributed by atoms with Crippen LogP contribution < -0.4 is 30.6 Å². The number of amides is 3. The highest BCUT2D eigenvalue weighted by Gasteiger charge is 2.62. The van der Waals surface area contributed by atoms with Gasteiger partial charge in [0.25, 0.3) is 5.91 Å². The summed E-state index contributed by atoms with van der Waals surface area (Å²) in [6.07, 6.45) is 2.08. The average molecular weight is 807 g/mol. The molecule has 1 aromatic carbocycles. The molecule has 0 radical (unpaired) electrons. The van der Waals surface area contributed by atoms with Crippen molar-refractivity contribution in [1.29, 1.82) is 0 Å². The van der Waals surface area contributed by atoms with E-state index in [1.165, 1.54) is 18.2 Å². The fraction of sp³-hybridized carbons (Fsp3) is 0.552. The van der Waals surface area contributed by atoms with Crippen LogP contribution in [-0.2, 0) is 24.4 Å². The lowest BCUT2D eigenvalue weighted by molar-refractivity contribution is -0.142. The number of alkyl halides is 1. The molecule has 250 valence electrons. The number of fused-ring (bicyclic) bond motifs is 1. The third-order valence-electron chi connectivity index (χ3n) is 8.35. The van der Waals surface area contributed by atoms with Crippen LogP contribution in [0.3, 0.4) is 0 Å². The molecule has 0 spiro atoms. The van der Waals surface area contributed by atoms with Crippen LogP contribution in [0.5, 0.6) is 11.6 Å². The van der Waals surface area contributed by atoms with Gasteiger partial charge in [0.1, 0.15) is 29.5 Å². The molecule has 1 aromatic heterocycles. The topological polar surface area (TPSA) is 182 Å². The molecule has 46 heavy (non-hydrogen) atoms. The fourth-order valence-corrected chi connectivity index (χ4v) is 8.33. The van der Waals surface area contributed by atoms with Crippen molar-refractivity contribution in [2.75, 3.05) is 13.7 Å². The molecule has 3 fully saturated rings. The van der Waals surface area contributed by atoms with Gasteiger partial charge in [0.15, 0.2) is 5.11 Å². The monoisotopic (exact) mass is 806 g/mol. The predicted molar refractivity (Wildman–Crippen MR) is 184 cm³/mol. The van der Waals surface area contributed by atoms with Gasteiger partial charge in [-0.05, 0) is 55.1 Å². The van der Waals surface area contributed by atoms with Crippen molar-refractivity contribution in [2.45, 2.75) is 79.4 Å². The Labute approximate surface area is 291 Å². The van der Waals surface area contributed by atoms with Gasteiger partial charge >= 0.3 is 0 Å². The number of nitrogens with zero attached hydrogens (tertiary/aromatic N) is 2. The number of methoxy groups -OCH3 is 1. The number of hydrogen-bond acceptors (Lipinski definition) is 9. The van der Waals surface area contributed by atoms with E-state index in [2.05, 4.69) is 20.3 Å². The van der Waals surface area contributed by atoms with Gasteiger partial charge in [-0.15, -0.1) is 0 Å². The summed E-state index contributed by atoms with van der Waals surface area (Å²) in [6, 6.07) is 3.23. The van der Waals surface area contributed by atoms with E-state index in [4.69, 9.17) is 39.0 Å². The zero-order chi connectivity index (χ0) is 33.8. The Balaban J connectivity index is 1.44. The van der Waals surface area contributed by atoms with Gasteiger partial charge < -0.3 is 30.7 Å². The smallest absolute Gasteiger partial charge is 0.260 e. The number of aromatic nitrogens is 1. The SMILES string of the molecule is COc1cnc(O[C@@H]2C[C@@H](C(=O)N[C@]3(C(=O)NS(=O)(=O)C4CC4)C[C@H]3I)N(C(=O)[C@@H](NC(N)=S)C(C)(C)C)C2)c2cc(Cl)ccc12. The molecular weight excluding hydrogens is 771 g/mol. The van der Waals surface area contributed by atoms with Gasteiger partial charge in [-0.2, -0.15) is 0 Å². The molecule has 2 saturated carbocycles. The molecule has 5 N–H and O–H groups in total. The Bertz CT molecular complexity index is 1700. The van der Waals surface area contributed by atoms with Crippen molar-refractivity contribution in [3.8, 4) is 11.6 Å². The highest BCUT2D eigenvalue weighted by Crippen LogP contribution is 2.44. The van der Waals surface area contributed by atoms with E-state index < -0.39 is 62.1 Å². The second-order valence-corrected chi connectivity index (χ2v) is 17.3. The molecule has 2 aliphatic carbocycles. The minimum atomic E-state index is -3.84. The largest absolute Gasteiger partial charge is 0.494 e. The van der Waals surface area contributed by atoms with Crippen molar-refractivity contribution >= 4 is 90.0 Å². The highest BCUT2D eigenvalue weighted by atomic mass is 127. The minimum Gasteiger partial charge on any atom is -0.494 e. The van der Waals surface area contributed by atoms with E-state index in [-0.39, 0.29) is 34.3 Å². The number of nitrogens with one attached hydrogen (secondary N) is 3. The summed E-state index contributed by atoms with van der Waals surface area (Å²) in [5, 5.41) is 6.71. The predicted octanol–water partition coefficient (Wildman–Crippen LogP) is 2.16. The van der Waals surface area contributed by atoms with E-state index in [9.17, 15) is 22.8 Å². The second-order valence-electron chi connectivity index (χ2n) is 12.9. The Hall–Kier alpha value is -2.70. The van der Waals surface area contributed by atoms with Crippen LogP contribution in [0.2, 0.25) is 5.02 Å². The molecule has 5 rings (SSSR count). The van der Waals surface area contributed by atoms with E-state index in [0.29, 0.717) is 34.4 Å². The Morgan fingerprint density at radius 3 is 2.48 bits per heavy atom. The molecule has 17 heteroatoms. The summed E-state index contributed by atoms with van der Waals surface area (Å²) in [7, 11) is -2.31. The molecule has 5 atom stereocenters. The summed E-state index contributed by atoms with van der Waals surface area (Å²) in [6.45, 7) is 5.51. The lowest BCUT2D eigenvalue weighted by Gasteiger charge is -2.35. The van der Waals surface area contributed by atoms with Gasteiger partial charge in [-0.25, -0.2) is 13.4 Å². The van der Waals surface area contributed by atoms with Crippen LogP contribution in [0, 0.1) is 5.41 Å². The van der Waals surface area contributed by atoms with Crippen LogP contribution in [0.1, 0.15) is 46.5 Å². The Kier molecular flexibility index (Phi) is 9.58. The maximum atomic E-state index is 14.1. The number of carbonyl (C=O) groups excluding carboxylic acids is 3. The van der Waals surface area contributed by atoms with Crippen LogP contribution in [-0.4, -0.2) is 87.7 Å². The quantitative estimate of drug-likeness (QED) is 0.157. The molecule has 0 unspecified atom stereocenters. The standard InChI is InChI=1S/C29H36ClIN6O7S2/c1-28(2,3)22(34-27(32)45)25(39)37-13-15(44-24-18-9-14(30)5-8-17(18)20(43-4)12-33-24)10-19(37)23(38)35-29(11-21(29)31)26(40)36-46(41,42)16-6-7-16/h5,8-9,12,15-16,19,21-22H,6-7,10-11,13H2,1-4H3,(H,35,38)(H,36,40)(H3,32,34,45)/t15-,19+,21-,22-,29-/m1/s1. The van der Waals surface area contributed by atoms with Crippen molar-refractivity contribution in [3.63, 3.8) is 0 Å². The number of rotatable bonds is 10. The molecule has 2 aromatic rings. The molecule has 1 aliphatic heterocycles. The number of halogens is 2. The number of thiocarbonyl (C=S) groups is 1. The number of ether oxygens (including phenoxy) is 2. The average Bonchev–Trinajstić information content (AvgIpc) is 3.88. The van der Waals surface area contributed by atoms with Crippen molar-refractivity contribution in [3.05, 3.63) is 29.4 Å². The van der Waals surface area contributed by atoms with Gasteiger partial charge in [0.05, 0.1) is 25.1 Å². The third kappa shape index (κ3) is 7.08. The fourth-order valence-electron chi connectivity index (χ4n) is 5.54. The Morgan fingerprint density at radius 1 is 1.24 bits per heavy atom. The molecule has 3 aliphatic rings. The number of hydrogen-bond donors (Lipinski definition) is 4. The van der Waals surface area contributed by atoms with Gasteiger partial charge in [0, 0.05) is 26.1 Å². The summed E-state index contributed by atoms with van der Waals surface area (Å²) >= 11 is 13.4. The first-order valence-electron chi connectivity index (χ1n) is 14.6. The normalized spacial score (nSPS) is 25.0. The maximum Gasteiger partial charge on any atom is 0.260 e. The van der Waals surface area contributed by atoms with Crippen molar-refractivity contribution in [2.24, 2.45) is 11.1 Å². The molecular formula is C29H36ClIN6O7S2. The second kappa shape index (κ2) is 12.7. The maximum absolute atomic E-state index is 14.1. The van der Waals surface area contributed by atoms with E-state index in [1.54, 1.807) is 18.2 Å². The summed E-state index contributed by atoms with van der Waals surface area (Å²) in [5.74, 6) is -1.10. The zero-order valence-electron chi connectivity index (χ0n) is 25.6. The number of nitrogens with two attached hydrogens (primary N) is 1. The number of carbonyl (C=O) groups is 3. The van der Waals surface area contributed by atoms with Crippen molar-refractivity contribution < 1.29 is 32.3 Å². The van der Waals surface area contributed by atoms with Crippen LogP contribution in [0.4, 0.5) is 0 Å². The Morgan fingerprint density at radius 2 is 1.91 bits per heavy atom. The van der Waals surface area contributed by atoms with E-state index >= 15 is 0 Å². The number of likely N-dealkylation sites (tertiary alicyclic amines) is 1. The lowest BCUT2D eigenvalue weighted by atomic mass is 9.85. The third-order valence-corrected chi connectivity index (χ3v) is 12.0. The molecule has 3 amide bonds. The highest BCUT2D eigenvalue weighted by molar-refractivity contribution is 14.1. The first kappa shape index (κ1) is 34.6. The van der Waals surface area contributed by atoms with E-state index in [1.807, 2.05) is 43.4 Å².